The van der Waals surface area contributed by atoms with Crippen LogP contribution in [-0.4, -0.2) is 24.7 Å². The number of ether oxygens (including phenoxy) is 2. The minimum atomic E-state index is -0.842. The molecule has 10 heavy (non-hydrogen) atoms. The number of hydrogen-bond donors (Lipinski definition) is 0. The van der Waals surface area contributed by atoms with Crippen molar-refractivity contribution in [2.75, 3.05) is 7.11 Å². The van der Waals surface area contributed by atoms with E-state index in [0.717, 1.165) is 0 Å². The number of methoxy groups -OCH3 is 1. The number of aliphatic imine (C=N–C) groups is 1. The number of carbonyl (C=O) groups excluding carboxylic acids is 1. The summed E-state index contributed by atoms with van der Waals surface area (Å²) in [5.41, 5.74) is -0.842. The Bertz CT molecular complexity index is 195. The summed E-state index contributed by atoms with van der Waals surface area (Å²) in [7, 11) is 1.41. The molecule has 0 spiro atoms. The third-order valence-corrected chi connectivity index (χ3v) is 1.22. The first-order valence-electron chi connectivity index (χ1n) is 2.92. The maximum atomic E-state index is 10.9. The SMILES string of the molecule is COC1=NC(=O)C(C)(C)O1. The van der Waals surface area contributed by atoms with Gasteiger partial charge < -0.3 is 9.47 Å². The lowest BCUT2D eigenvalue weighted by Crippen LogP contribution is -2.29. The highest BCUT2D eigenvalue weighted by Crippen LogP contribution is 2.18. The van der Waals surface area contributed by atoms with Crippen LogP contribution in [0, 0.1) is 0 Å². The monoisotopic (exact) mass is 143 g/mol. The van der Waals surface area contributed by atoms with E-state index in [4.69, 9.17) is 4.74 Å². The van der Waals surface area contributed by atoms with E-state index in [0.29, 0.717) is 0 Å². The van der Waals surface area contributed by atoms with Crippen molar-refractivity contribution in [1.82, 2.24) is 0 Å². The number of amides is 1. The van der Waals surface area contributed by atoms with Crippen LogP contribution in [0.15, 0.2) is 4.99 Å². The van der Waals surface area contributed by atoms with Crippen molar-refractivity contribution in [1.29, 1.82) is 0 Å². The van der Waals surface area contributed by atoms with Gasteiger partial charge in [0.1, 0.15) is 0 Å². The molecule has 0 aliphatic carbocycles. The van der Waals surface area contributed by atoms with E-state index in [9.17, 15) is 4.79 Å². The molecule has 0 aromatic rings. The molecule has 1 amide bonds. The summed E-state index contributed by atoms with van der Waals surface area (Å²) < 4.78 is 9.61. The lowest BCUT2D eigenvalue weighted by Gasteiger charge is -2.13. The molecule has 0 aromatic heterocycles. The Balaban J connectivity index is 2.76. The maximum Gasteiger partial charge on any atom is 0.392 e. The van der Waals surface area contributed by atoms with E-state index in [2.05, 4.69) is 9.73 Å². The van der Waals surface area contributed by atoms with Gasteiger partial charge in [0.25, 0.3) is 5.91 Å². The Labute approximate surface area is 58.8 Å². The number of hydrogen-bond acceptors (Lipinski definition) is 3. The lowest BCUT2D eigenvalue weighted by molar-refractivity contribution is -0.128. The van der Waals surface area contributed by atoms with Crippen molar-refractivity contribution >= 4 is 12.0 Å². The van der Waals surface area contributed by atoms with Gasteiger partial charge in [-0.25, -0.2) is 0 Å². The van der Waals surface area contributed by atoms with Crippen LogP contribution in [0.1, 0.15) is 13.8 Å². The van der Waals surface area contributed by atoms with Crippen molar-refractivity contribution in [3.63, 3.8) is 0 Å². The van der Waals surface area contributed by atoms with Gasteiger partial charge in [0, 0.05) is 0 Å². The lowest BCUT2D eigenvalue weighted by atomic mass is 10.1. The van der Waals surface area contributed by atoms with Crippen molar-refractivity contribution < 1.29 is 14.3 Å². The molecule has 56 valence electrons. The van der Waals surface area contributed by atoms with Crippen molar-refractivity contribution in [3.8, 4) is 0 Å². The summed E-state index contributed by atoms with van der Waals surface area (Å²) in [6, 6.07) is 0. The minimum Gasteiger partial charge on any atom is -0.454 e. The fourth-order valence-electron chi connectivity index (χ4n) is 0.590. The predicted octanol–water partition coefficient (Wildman–Crippen LogP) is 0.324. The van der Waals surface area contributed by atoms with Gasteiger partial charge in [-0.15, -0.1) is 4.99 Å². The average Bonchev–Trinajstić information content (AvgIpc) is 2.08. The molecule has 0 saturated heterocycles. The Morgan fingerprint density at radius 2 is 2.20 bits per heavy atom. The van der Waals surface area contributed by atoms with E-state index in [-0.39, 0.29) is 12.0 Å². The van der Waals surface area contributed by atoms with Gasteiger partial charge in [-0.2, -0.15) is 0 Å². The summed E-state index contributed by atoms with van der Waals surface area (Å²) >= 11 is 0. The summed E-state index contributed by atoms with van der Waals surface area (Å²) in [5.74, 6) is -0.302. The van der Waals surface area contributed by atoms with Crippen LogP contribution in [0.4, 0.5) is 0 Å². The Morgan fingerprint density at radius 3 is 2.40 bits per heavy atom. The molecule has 1 aliphatic heterocycles. The molecule has 0 aromatic carbocycles. The zero-order valence-electron chi connectivity index (χ0n) is 6.17. The standard InChI is InChI=1S/C6H9NO3/c1-6(2)4(8)7-5(9-3)10-6/h1-3H3. The van der Waals surface area contributed by atoms with Crippen LogP contribution in [0.25, 0.3) is 0 Å². The second kappa shape index (κ2) is 1.97. The van der Waals surface area contributed by atoms with Gasteiger partial charge >= 0.3 is 6.08 Å². The Morgan fingerprint density at radius 1 is 1.60 bits per heavy atom. The number of nitrogens with zero attached hydrogens (tertiary/aromatic N) is 1. The van der Waals surface area contributed by atoms with Crippen LogP contribution in [0.2, 0.25) is 0 Å². The van der Waals surface area contributed by atoms with Gasteiger partial charge in [0.15, 0.2) is 5.60 Å². The van der Waals surface area contributed by atoms with Crippen molar-refractivity contribution in [3.05, 3.63) is 0 Å². The number of rotatable bonds is 0. The normalized spacial score (nSPS) is 21.9. The fourth-order valence-corrected chi connectivity index (χ4v) is 0.590. The maximum absolute atomic E-state index is 10.9. The highest BCUT2D eigenvalue weighted by atomic mass is 16.7. The first-order chi connectivity index (χ1) is 4.56. The summed E-state index contributed by atoms with van der Waals surface area (Å²) in [6.45, 7) is 3.29. The summed E-state index contributed by atoms with van der Waals surface area (Å²) in [6.07, 6.45) is 0.0509. The molecule has 1 aliphatic rings. The fraction of sp³-hybridized carbons (Fsp3) is 0.667. The molecule has 0 radical (unpaired) electrons. The van der Waals surface area contributed by atoms with Gasteiger partial charge in [-0.1, -0.05) is 0 Å². The molecule has 4 heteroatoms. The van der Waals surface area contributed by atoms with Crippen molar-refractivity contribution in [2.24, 2.45) is 4.99 Å². The van der Waals surface area contributed by atoms with Gasteiger partial charge in [-0.05, 0) is 13.8 Å². The molecule has 0 bridgehead atoms. The zero-order chi connectivity index (χ0) is 7.78. The smallest absolute Gasteiger partial charge is 0.392 e. The molecule has 0 N–H and O–H groups in total. The van der Waals surface area contributed by atoms with Crippen LogP contribution in [-0.2, 0) is 14.3 Å². The molecule has 0 fully saturated rings. The van der Waals surface area contributed by atoms with Gasteiger partial charge in [0.05, 0.1) is 7.11 Å². The molecular formula is C6H9NO3. The molecule has 0 unspecified atom stereocenters. The van der Waals surface area contributed by atoms with Crippen molar-refractivity contribution in [2.45, 2.75) is 19.4 Å². The average molecular weight is 143 g/mol. The van der Waals surface area contributed by atoms with Crippen LogP contribution in [0.3, 0.4) is 0 Å². The highest BCUT2D eigenvalue weighted by molar-refractivity contribution is 5.98. The number of carbonyl (C=O) groups is 1. The van der Waals surface area contributed by atoms with Gasteiger partial charge in [0.2, 0.25) is 0 Å². The first kappa shape index (κ1) is 7.05. The quantitative estimate of drug-likeness (QED) is 0.490. The van der Waals surface area contributed by atoms with E-state index < -0.39 is 5.60 Å². The molecule has 0 saturated carbocycles. The molecule has 1 heterocycles. The Kier molecular flexibility index (Phi) is 1.39. The third-order valence-electron chi connectivity index (χ3n) is 1.22. The summed E-state index contributed by atoms with van der Waals surface area (Å²) in [5, 5.41) is 0. The van der Waals surface area contributed by atoms with Crippen LogP contribution < -0.4 is 0 Å². The highest BCUT2D eigenvalue weighted by Gasteiger charge is 2.37. The predicted molar refractivity (Wildman–Crippen MR) is 34.6 cm³/mol. The van der Waals surface area contributed by atoms with Crippen LogP contribution >= 0.6 is 0 Å². The molecule has 0 atom stereocenters. The van der Waals surface area contributed by atoms with E-state index >= 15 is 0 Å². The van der Waals surface area contributed by atoms with E-state index in [1.165, 1.54) is 7.11 Å². The largest absolute Gasteiger partial charge is 0.454 e. The topological polar surface area (TPSA) is 47.9 Å². The first-order valence-corrected chi connectivity index (χ1v) is 2.92. The van der Waals surface area contributed by atoms with E-state index in [1.807, 2.05) is 0 Å². The second-order valence-corrected chi connectivity index (χ2v) is 2.50. The van der Waals surface area contributed by atoms with Crippen LogP contribution in [0.5, 0.6) is 0 Å². The third kappa shape index (κ3) is 0.964. The molecule has 1 rings (SSSR count). The minimum absolute atomic E-state index is 0.0509. The second-order valence-electron chi connectivity index (χ2n) is 2.50. The molecular weight excluding hydrogens is 134 g/mol. The Hall–Kier alpha value is -1.06. The zero-order valence-corrected chi connectivity index (χ0v) is 6.17. The van der Waals surface area contributed by atoms with E-state index in [1.54, 1.807) is 13.8 Å². The van der Waals surface area contributed by atoms with Gasteiger partial charge in [-0.3, -0.25) is 4.79 Å². The molecule has 4 nitrogen and oxygen atoms in total. The summed E-state index contributed by atoms with van der Waals surface area (Å²) in [4.78, 5) is 14.4.